The second-order valence-corrected chi connectivity index (χ2v) is 9.22. The first-order chi connectivity index (χ1) is 17.4. The van der Waals surface area contributed by atoms with Gasteiger partial charge < -0.3 is 24.3 Å². The standard InChI is InChI=1S/C28H30ClNO6/c1-16-24(28(32)36-13-12-33-2)25(20-6-5-7-23(34-3)27(20)35-4)26-21(30-16)14-18(15-22(26)31)17-8-10-19(29)11-9-17/h5-11,18,25,30H,12-15H2,1-4H3/t18-,25+/m0/s1. The van der Waals surface area contributed by atoms with E-state index in [1.54, 1.807) is 27.4 Å². The molecule has 36 heavy (non-hydrogen) atoms. The number of ether oxygens (including phenoxy) is 4. The number of hydrogen-bond acceptors (Lipinski definition) is 7. The van der Waals surface area contributed by atoms with E-state index in [4.69, 9.17) is 30.5 Å². The van der Waals surface area contributed by atoms with Gasteiger partial charge in [0.2, 0.25) is 0 Å². The van der Waals surface area contributed by atoms with E-state index >= 15 is 0 Å². The number of hydrogen-bond donors (Lipinski definition) is 1. The Morgan fingerprint density at radius 1 is 1.03 bits per heavy atom. The van der Waals surface area contributed by atoms with Crippen molar-refractivity contribution >= 4 is 23.4 Å². The van der Waals surface area contributed by atoms with Crippen molar-refractivity contribution in [2.45, 2.75) is 31.6 Å². The molecule has 2 aromatic rings. The molecule has 2 aromatic carbocycles. The van der Waals surface area contributed by atoms with E-state index < -0.39 is 11.9 Å². The van der Waals surface area contributed by atoms with Crippen LogP contribution in [-0.2, 0) is 19.1 Å². The molecular formula is C28H30ClNO6. The lowest BCUT2D eigenvalue weighted by atomic mass is 9.71. The average Bonchev–Trinajstić information content (AvgIpc) is 2.87. The molecule has 0 radical (unpaired) electrons. The van der Waals surface area contributed by atoms with Crippen LogP contribution in [0.1, 0.15) is 42.7 Å². The van der Waals surface area contributed by atoms with Crippen molar-refractivity contribution in [3.05, 3.63) is 81.2 Å². The summed E-state index contributed by atoms with van der Waals surface area (Å²) in [7, 11) is 4.64. The Kier molecular flexibility index (Phi) is 8.01. The zero-order valence-corrected chi connectivity index (χ0v) is 21.6. The summed E-state index contributed by atoms with van der Waals surface area (Å²) in [5.41, 5.74) is 4.07. The van der Waals surface area contributed by atoms with Gasteiger partial charge in [0.15, 0.2) is 17.3 Å². The number of methoxy groups -OCH3 is 3. The molecule has 2 atom stereocenters. The summed E-state index contributed by atoms with van der Waals surface area (Å²) in [6.07, 6.45) is 0.935. The molecule has 0 bridgehead atoms. The number of para-hydroxylation sites is 1. The maximum atomic E-state index is 13.8. The molecule has 0 amide bonds. The van der Waals surface area contributed by atoms with Crippen molar-refractivity contribution in [2.24, 2.45) is 0 Å². The number of Topliss-reactive ketones (excluding diaryl/α,β-unsaturated/α-hetero) is 1. The molecular weight excluding hydrogens is 482 g/mol. The van der Waals surface area contributed by atoms with Gasteiger partial charge in [-0.05, 0) is 43.0 Å². The molecule has 0 saturated carbocycles. The number of benzene rings is 2. The zero-order valence-electron chi connectivity index (χ0n) is 20.9. The number of halogens is 1. The minimum Gasteiger partial charge on any atom is -0.493 e. The lowest BCUT2D eigenvalue weighted by molar-refractivity contribution is -0.140. The molecule has 1 heterocycles. The summed E-state index contributed by atoms with van der Waals surface area (Å²) < 4.78 is 21.8. The van der Waals surface area contributed by atoms with Crippen molar-refractivity contribution in [1.82, 2.24) is 5.32 Å². The number of ketones is 1. The topological polar surface area (TPSA) is 83.1 Å². The van der Waals surface area contributed by atoms with Gasteiger partial charge in [-0.25, -0.2) is 4.79 Å². The second-order valence-electron chi connectivity index (χ2n) is 8.78. The third-order valence-corrected chi connectivity index (χ3v) is 6.91. The van der Waals surface area contributed by atoms with Crippen molar-refractivity contribution in [3.8, 4) is 11.5 Å². The molecule has 8 heteroatoms. The number of nitrogens with one attached hydrogen (secondary N) is 1. The van der Waals surface area contributed by atoms with Crippen LogP contribution in [0.25, 0.3) is 0 Å². The number of esters is 1. The van der Waals surface area contributed by atoms with Gasteiger partial charge >= 0.3 is 5.97 Å². The fourth-order valence-corrected chi connectivity index (χ4v) is 5.15. The first-order valence-electron chi connectivity index (χ1n) is 11.8. The Balaban J connectivity index is 1.82. The van der Waals surface area contributed by atoms with Crippen LogP contribution in [0.2, 0.25) is 5.02 Å². The fraction of sp³-hybridized carbons (Fsp3) is 0.357. The average molecular weight is 512 g/mol. The van der Waals surface area contributed by atoms with Crippen LogP contribution in [0, 0.1) is 0 Å². The molecule has 1 aliphatic heterocycles. The highest BCUT2D eigenvalue weighted by Gasteiger charge is 2.42. The van der Waals surface area contributed by atoms with E-state index in [9.17, 15) is 9.59 Å². The van der Waals surface area contributed by atoms with Gasteiger partial charge in [-0.3, -0.25) is 4.79 Å². The van der Waals surface area contributed by atoms with E-state index in [1.165, 1.54) is 0 Å². The van der Waals surface area contributed by atoms with Gasteiger partial charge in [-0.1, -0.05) is 35.9 Å². The monoisotopic (exact) mass is 511 g/mol. The normalized spacial score (nSPS) is 19.5. The van der Waals surface area contributed by atoms with Gasteiger partial charge in [-0.15, -0.1) is 0 Å². The number of dihydropyridines is 1. The quantitative estimate of drug-likeness (QED) is 0.398. The molecule has 7 nitrogen and oxygen atoms in total. The molecule has 4 rings (SSSR count). The Morgan fingerprint density at radius 3 is 2.44 bits per heavy atom. The van der Waals surface area contributed by atoms with Crippen LogP contribution < -0.4 is 14.8 Å². The van der Waals surface area contributed by atoms with E-state index in [0.717, 1.165) is 11.3 Å². The summed E-state index contributed by atoms with van der Waals surface area (Å²) in [6, 6.07) is 13.1. The predicted molar refractivity (Wildman–Crippen MR) is 136 cm³/mol. The third kappa shape index (κ3) is 4.99. The van der Waals surface area contributed by atoms with Crippen LogP contribution in [-0.4, -0.2) is 46.3 Å². The molecule has 1 N–H and O–H groups in total. The van der Waals surface area contributed by atoms with Crippen LogP contribution in [0.15, 0.2) is 65.0 Å². The number of rotatable bonds is 8. The minimum atomic E-state index is -0.667. The largest absolute Gasteiger partial charge is 0.493 e. The number of carbonyl (C=O) groups excluding carboxylic acids is 2. The van der Waals surface area contributed by atoms with Gasteiger partial charge in [0, 0.05) is 41.1 Å². The first kappa shape index (κ1) is 25.8. The van der Waals surface area contributed by atoms with E-state index in [2.05, 4.69) is 5.32 Å². The molecule has 1 aliphatic carbocycles. The molecule has 0 fully saturated rings. The minimum absolute atomic E-state index is 0.00289. The predicted octanol–water partition coefficient (Wildman–Crippen LogP) is 4.91. The molecule has 0 saturated heterocycles. The molecule has 0 aromatic heterocycles. The third-order valence-electron chi connectivity index (χ3n) is 6.65. The van der Waals surface area contributed by atoms with Crippen molar-refractivity contribution < 1.29 is 28.5 Å². The van der Waals surface area contributed by atoms with Gasteiger partial charge in [0.25, 0.3) is 0 Å². The summed E-state index contributed by atoms with van der Waals surface area (Å²) >= 11 is 6.07. The summed E-state index contributed by atoms with van der Waals surface area (Å²) in [4.78, 5) is 27.1. The van der Waals surface area contributed by atoms with Gasteiger partial charge in [0.05, 0.1) is 32.3 Å². The lowest BCUT2D eigenvalue weighted by Gasteiger charge is -2.37. The van der Waals surface area contributed by atoms with Crippen LogP contribution in [0.4, 0.5) is 0 Å². The van der Waals surface area contributed by atoms with Crippen LogP contribution in [0.3, 0.4) is 0 Å². The summed E-state index contributed by atoms with van der Waals surface area (Å²) in [5.74, 6) is -0.222. The number of carbonyl (C=O) groups is 2. The van der Waals surface area contributed by atoms with Crippen molar-refractivity contribution in [2.75, 3.05) is 34.5 Å². The SMILES string of the molecule is COCCOC(=O)C1=C(C)NC2=C(C(=O)C[C@@H](c3ccc(Cl)cc3)C2)[C@@H]1c1cccc(OC)c1OC. The van der Waals surface area contributed by atoms with Crippen LogP contribution in [0.5, 0.6) is 11.5 Å². The van der Waals surface area contributed by atoms with Crippen molar-refractivity contribution in [1.29, 1.82) is 0 Å². The molecule has 0 spiro atoms. The molecule has 190 valence electrons. The molecule has 2 aliphatic rings. The Morgan fingerprint density at radius 2 is 1.78 bits per heavy atom. The molecule has 0 unspecified atom stereocenters. The van der Waals surface area contributed by atoms with Gasteiger partial charge in [0.1, 0.15) is 6.61 Å². The van der Waals surface area contributed by atoms with E-state index in [1.807, 2.05) is 43.3 Å². The van der Waals surface area contributed by atoms with E-state index in [0.29, 0.717) is 51.8 Å². The number of allylic oxidation sites excluding steroid dienone is 3. The summed E-state index contributed by atoms with van der Waals surface area (Å²) in [5, 5.41) is 4.01. The summed E-state index contributed by atoms with van der Waals surface area (Å²) in [6.45, 7) is 2.20. The first-order valence-corrected chi connectivity index (χ1v) is 12.1. The Bertz CT molecular complexity index is 1220. The highest BCUT2D eigenvalue weighted by atomic mass is 35.5. The van der Waals surface area contributed by atoms with E-state index in [-0.39, 0.29) is 24.9 Å². The highest BCUT2D eigenvalue weighted by molar-refractivity contribution is 6.30. The maximum absolute atomic E-state index is 13.8. The second kappa shape index (κ2) is 11.2. The highest BCUT2D eigenvalue weighted by Crippen LogP contribution is 2.49. The Labute approximate surface area is 216 Å². The van der Waals surface area contributed by atoms with Crippen molar-refractivity contribution in [3.63, 3.8) is 0 Å². The zero-order chi connectivity index (χ0) is 25.8. The van der Waals surface area contributed by atoms with Gasteiger partial charge in [-0.2, -0.15) is 0 Å². The fourth-order valence-electron chi connectivity index (χ4n) is 5.03. The smallest absolute Gasteiger partial charge is 0.336 e. The van der Waals surface area contributed by atoms with Crippen LogP contribution >= 0.6 is 11.6 Å². The maximum Gasteiger partial charge on any atom is 0.336 e. The lowest BCUT2D eigenvalue weighted by Crippen LogP contribution is -2.36. The Hall–Kier alpha value is -3.29.